The number of aliphatic hydroxyl groups excluding tert-OH is 2. The fourth-order valence-corrected chi connectivity index (χ4v) is 9.96. The molecule has 0 aromatic heterocycles. The third-order valence-electron chi connectivity index (χ3n) is 11.5. The Morgan fingerprint density at radius 1 is 1.17 bits per heavy atom. The van der Waals surface area contributed by atoms with Gasteiger partial charge in [0, 0.05) is 12.3 Å². The van der Waals surface area contributed by atoms with Crippen LogP contribution in [0.3, 0.4) is 0 Å². The normalized spacial score (nSPS) is 39.0. The van der Waals surface area contributed by atoms with Crippen molar-refractivity contribution in [1.82, 2.24) is 0 Å². The second-order valence-corrected chi connectivity index (χ2v) is 16.4. The van der Waals surface area contributed by atoms with E-state index >= 15 is 0 Å². The van der Waals surface area contributed by atoms with Crippen LogP contribution in [0.1, 0.15) is 93.9 Å². The monoisotopic (exact) mass is 592 g/mol. The molecule has 41 heavy (non-hydrogen) atoms. The number of carbonyl (C=O) groups is 1. The molecule has 1 saturated carbocycles. The van der Waals surface area contributed by atoms with Gasteiger partial charge in [-0.05, 0) is 89.7 Å². The zero-order valence-electron chi connectivity index (χ0n) is 26.5. The van der Waals surface area contributed by atoms with Gasteiger partial charge in [0.2, 0.25) is 0 Å². The summed E-state index contributed by atoms with van der Waals surface area (Å²) in [5, 5.41) is 23.6. The minimum atomic E-state index is -3.82. The average molecular weight is 593 g/mol. The van der Waals surface area contributed by atoms with E-state index in [4.69, 9.17) is 8.92 Å². The molecular weight excluding hydrogens is 540 g/mol. The van der Waals surface area contributed by atoms with Gasteiger partial charge in [-0.1, -0.05) is 66.7 Å². The molecule has 3 unspecified atom stereocenters. The average Bonchev–Trinajstić information content (AvgIpc) is 3.19. The Hall–Kier alpha value is -1.48. The molecule has 0 aromatic rings. The van der Waals surface area contributed by atoms with Gasteiger partial charge < -0.3 is 14.9 Å². The number of rotatable bonds is 8. The first-order valence-corrected chi connectivity index (χ1v) is 17.1. The number of esters is 1. The van der Waals surface area contributed by atoms with Crippen LogP contribution in [0.15, 0.2) is 34.9 Å². The predicted molar refractivity (Wildman–Crippen MR) is 160 cm³/mol. The van der Waals surface area contributed by atoms with E-state index in [-0.39, 0.29) is 18.3 Å². The molecule has 0 saturated heterocycles. The Morgan fingerprint density at radius 2 is 1.80 bits per heavy atom. The van der Waals surface area contributed by atoms with Gasteiger partial charge in [0.05, 0.1) is 12.4 Å². The van der Waals surface area contributed by atoms with Crippen LogP contribution in [0.25, 0.3) is 0 Å². The van der Waals surface area contributed by atoms with Crippen LogP contribution in [-0.4, -0.2) is 55.3 Å². The molecule has 232 valence electrons. The van der Waals surface area contributed by atoms with Crippen LogP contribution < -0.4 is 0 Å². The van der Waals surface area contributed by atoms with Gasteiger partial charge in [0.1, 0.15) is 18.3 Å². The highest BCUT2D eigenvalue weighted by molar-refractivity contribution is 7.86. The van der Waals surface area contributed by atoms with E-state index in [0.29, 0.717) is 11.8 Å². The smallest absolute Gasteiger partial charge is 0.303 e. The maximum absolute atomic E-state index is 12.5. The molecule has 0 bridgehead atoms. The summed E-state index contributed by atoms with van der Waals surface area (Å²) < 4.78 is 35.9. The topological polar surface area (TPSA) is 110 Å². The Morgan fingerprint density at radius 3 is 2.37 bits per heavy atom. The number of allylic oxidation sites excluding steroid dienone is 3. The molecule has 7 nitrogen and oxygen atoms in total. The zero-order valence-corrected chi connectivity index (χ0v) is 27.3. The molecule has 4 aliphatic rings. The summed E-state index contributed by atoms with van der Waals surface area (Å²) in [6, 6.07) is 0. The van der Waals surface area contributed by atoms with E-state index in [1.165, 1.54) is 12.5 Å². The van der Waals surface area contributed by atoms with Gasteiger partial charge in [-0.25, -0.2) is 0 Å². The number of aliphatic hydroxyl groups is 2. The van der Waals surface area contributed by atoms with Gasteiger partial charge in [-0.2, -0.15) is 8.42 Å². The molecular formula is C33H52O7S. The SMILES string of the molecule is C=C(CC[C@@H](C)[C@H]1CC=C2C3=C([C@@H](O)[C@H](OC(C)=O)C21C)C1(C)C[C@@H](OS(C)(=O)=O)[C@H](O)C(C)(C)C1CC3)C(C)C. The van der Waals surface area contributed by atoms with E-state index in [9.17, 15) is 23.4 Å². The lowest BCUT2D eigenvalue weighted by Crippen LogP contribution is -2.63. The molecule has 9 atom stereocenters. The lowest BCUT2D eigenvalue weighted by Gasteiger charge is -2.62. The van der Waals surface area contributed by atoms with Crippen molar-refractivity contribution in [3.63, 3.8) is 0 Å². The zero-order chi connectivity index (χ0) is 30.9. The first-order valence-electron chi connectivity index (χ1n) is 15.3. The molecule has 0 radical (unpaired) electrons. The molecule has 0 heterocycles. The Kier molecular flexibility index (Phi) is 8.63. The molecule has 0 spiro atoms. The van der Waals surface area contributed by atoms with Gasteiger partial charge in [0.15, 0.2) is 0 Å². The van der Waals surface area contributed by atoms with Crippen molar-refractivity contribution in [2.75, 3.05) is 6.26 Å². The van der Waals surface area contributed by atoms with E-state index in [2.05, 4.69) is 47.3 Å². The lowest BCUT2D eigenvalue weighted by atomic mass is 9.45. The van der Waals surface area contributed by atoms with Crippen molar-refractivity contribution in [3.05, 3.63) is 34.9 Å². The van der Waals surface area contributed by atoms with Crippen LogP contribution >= 0.6 is 0 Å². The third kappa shape index (κ3) is 5.40. The number of hydrogen-bond acceptors (Lipinski definition) is 7. The highest BCUT2D eigenvalue weighted by Crippen LogP contribution is 2.67. The van der Waals surface area contributed by atoms with Crippen molar-refractivity contribution in [1.29, 1.82) is 0 Å². The quantitative estimate of drug-likeness (QED) is 0.211. The highest BCUT2D eigenvalue weighted by atomic mass is 32.2. The second-order valence-electron chi connectivity index (χ2n) is 14.8. The van der Waals surface area contributed by atoms with E-state index in [1.807, 2.05) is 13.8 Å². The van der Waals surface area contributed by atoms with E-state index < -0.39 is 56.7 Å². The second kappa shape index (κ2) is 10.9. The minimum Gasteiger partial charge on any atom is -0.458 e. The number of hydrogen-bond donors (Lipinski definition) is 2. The fraction of sp³-hybridized carbons (Fsp3) is 0.788. The van der Waals surface area contributed by atoms with Crippen molar-refractivity contribution >= 4 is 16.1 Å². The summed E-state index contributed by atoms with van der Waals surface area (Å²) in [6.07, 6.45) is 4.12. The first-order chi connectivity index (χ1) is 18.8. The fourth-order valence-electron chi connectivity index (χ4n) is 9.33. The lowest BCUT2D eigenvalue weighted by molar-refractivity contribution is -0.173. The predicted octanol–water partition coefficient (Wildman–Crippen LogP) is 5.72. The summed E-state index contributed by atoms with van der Waals surface area (Å²) in [5.41, 5.74) is 2.45. The van der Waals surface area contributed by atoms with E-state index in [1.54, 1.807) is 0 Å². The summed E-state index contributed by atoms with van der Waals surface area (Å²) in [6.45, 7) is 20.4. The molecule has 0 amide bonds. The number of ether oxygens (including phenoxy) is 1. The van der Waals surface area contributed by atoms with Gasteiger partial charge >= 0.3 is 5.97 Å². The number of fused-ring (bicyclic) bond motifs is 4. The summed E-state index contributed by atoms with van der Waals surface area (Å²) >= 11 is 0. The molecule has 4 aliphatic carbocycles. The molecule has 8 heteroatoms. The maximum Gasteiger partial charge on any atom is 0.303 e. The van der Waals surface area contributed by atoms with Crippen LogP contribution in [0.5, 0.6) is 0 Å². The third-order valence-corrected chi connectivity index (χ3v) is 12.1. The summed E-state index contributed by atoms with van der Waals surface area (Å²) in [7, 11) is -3.82. The van der Waals surface area contributed by atoms with E-state index in [0.717, 1.165) is 55.1 Å². The van der Waals surface area contributed by atoms with Crippen molar-refractivity contribution in [2.45, 2.75) is 118 Å². The number of carbonyl (C=O) groups excluding carboxylic acids is 1. The summed E-state index contributed by atoms with van der Waals surface area (Å²) in [4.78, 5) is 12.5. The van der Waals surface area contributed by atoms with Crippen LogP contribution in [0.4, 0.5) is 0 Å². The van der Waals surface area contributed by atoms with Crippen molar-refractivity contribution in [3.8, 4) is 0 Å². The highest BCUT2D eigenvalue weighted by Gasteiger charge is 2.65. The van der Waals surface area contributed by atoms with Crippen molar-refractivity contribution in [2.24, 2.45) is 39.9 Å². The Bertz CT molecular complexity index is 1240. The molecule has 4 rings (SSSR count). The summed E-state index contributed by atoms with van der Waals surface area (Å²) in [5.74, 6) is 0.471. The van der Waals surface area contributed by atoms with Gasteiger partial charge in [0.25, 0.3) is 10.1 Å². The van der Waals surface area contributed by atoms with Crippen LogP contribution in [0, 0.1) is 39.9 Å². The van der Waals surface area contributed by atoms with Gasteiger partial charge in [-0.15, -0.1) is 0 Å². The minimum absolute atomic E-state index is 0.0288. The van der Waals surface area contributed by atoms with Crippen LogP contribution in [0.2, 0.25) is 0 Å². The molecule has 2 N–H and O–H groups in total. The standard InChI is InChI=1S/C33H52O7S/c1-18(2)19(3)11-12-20(4)23-14-15-24-22-13-16-26-31(6,7)29(36)25(40-41(10,37)38)17-32(26,8)27(22)28(35)30(33(23,24)9)39-21(5)34/h15,18,20,23,25-26,28-30,35-36H,3,11-14,16-17H2,1-2,4-10H3/t20-,23-,25-,26?,28-,29+,30+,32?,33?/m1/s1. The molecule has 0 aromatic carbocycles. The van der Waals surface area contributed by atoms with Crippen molar-refractivity contribution < 1.29 is 32.3 Å². The molecule has 1 fully saturated rings. The largest absolute Gasteiger partial charge is 0.458 e. The van der Waals surface area contributed by atoms with Crippen LogP contribution in [-0.2, 0) is 23.8 Å². The first kappa shape index (κ1) is 32.4. The Labute approximate surface area is 247 Å². The Balaban J connectivity index is 1.80. The molecule has 0 aliphatic heterocycles. The maximum atomic E-state index is 12.5. The van der Waals surface area contributed by atoms with Gasteiger partial charge in [-0.3, -0.25) is 8.98 Å².